The number of hydrogen-bond donors (Lipinski definition) is 1. The van der Waals surface area contributed by atoms with Gasteiger partial charge in [0.1, 0.15) is 11.5 Å². The van der Waals surface area contributed by atoms with Crippen LogP contribution in [0.25, 0.3) is 11.5 Å². The Kier molecular flexibility index (Phi) is 3.42. The second kappa shape index (κ2) is 5.21. The van der Waals surface area contributed by atoms with Gasteiger partial charge in [-0.2, -0.15) is 4.98 Å². The zero-order chi connectivity index (χ0) is 13.2. The van der Waals surface area contributed by atoms with E-state index in [0.29, 0.717) is 22.2 Å². The minimum absolute atomic E-state index is 0.470. The third-order valence-corrected chi connectivity index (χ3v) is 3.62. The predicted octanol–water partition coefficient (Wildman–Crippen LogP) is 3.07. The summed E-state index contributed by atoms with van der Waals surface area (Å²) in [4.78, 5) is 11.1. The van der Waals surface area contributed by atoms with E-state index < -0.39 is 0 Å². The van der Waals surface area contributed by atoms with Crippen LogP contribution in [0.3, 0.4) is 0 Å². The standard InChI is InChI=1S/C13H15BrN4O/c14-11-5-4-10(19-11)9-8-12(15)17-13(16-9)18-6-2-1-3-7-18/h4-5,8H,1-3,6-7H2,(H2,15,16,17). The molecule has 3 heterocycles. The fourth-order valence-corrected chi connectivity index (χ4v) is 2.57. The molecule has 100 valence electrons. The summed E-state index contributed by atoms with van der Waals surface area (Å²) >= 11 is 3.29. The lowest BCUT2D eigenvalue weighted by molar-refractivity contribution is 0.551. The third kappa shape index (κ3) is 2.73. The Morgan fingerprint density at radius 3 is 2.63 bits per heavy atom. The molecule has 2 aromatic rings. The third-order valence-electron chi connectivity index (χ3n) is 3.20. The minimum Gasteiger partial charge on any atom is -0.448 e. The zero-order valence-electron chi connectivity index (χ0n) is 10.5. The number of aromatic nitrogens is 2. The van der Waals surface area contributed by atoms with Crippen LogP contribution in [0.1, 0.15) is 19.3 Å². The monoisotopic (exact) mass is 322 g/mol. The number of nitrogens with two attached hydrogens (primary N) is 1. The molecule has 0 unspecified atom stereocenters. The molecule has 0 aliphatic carbocycles. The van der Waals surface area contributed by atoms with Gasteiger partial charge in [-0.25, -0.2) is 4.98 Å². The SMILES string of the molecule is Nc1cc(-c2ccc(Br)o2)nc(N2CCCCC2)n1. The van der Waals surface area contributed by atoms with Crippen molar-refractivity contribution in [3.05, 3.63) is 22.9 Å². The van der Waals surface area contributed by atoms with Gasteiger partial charge < -0.3 is 15.1 Å². The van der Waals surface area contributed by atoms with Crippen molar-refractivity contribution in [3.63, 3.8) is 0 Å². The first-order valence-electron chi connectivity index (χ1n) is 6.37. The molecule has 2 aromatic heterocycles. The van der Waals surface area contributed by atoms with E-state index in [1.54, 1.807) is 6.07 Å². The van der Waals surface area contributed by atoms with Crippen molar-refractivity contribution in [3.8, 4) is 11.5 Å². The summed E-state index contributed by atoms with van der Waals surface area (Å²) in [6, 6.07) is 5.44. The number of furan rings is 1. The van der Waals surface area contributed by atoms with Crippen molar-refractivity contribution in [2.45, 2.75) is 19.3 Å². The van der Waals surface area contributed by atoms with Gasteiger partial charge in [-0.15, -0.1) is 0 Å². The van der Waals surface area contributed by atoms with E-state index in [0.717, 1.165) is 18.8 Å². The second-order valence-electron chi connectivity index (χ2n) is 4.63. The quantitative estimate of drug-likeness (QED) is 0.920. The molecule has 0 saturated carbocycles. The molecule has 0 atom stereocenters. The lowest BCUT2D eigenvalue weighted by Crippen LogP contribution is -2.31. The summed E-state index contributed by atoms with van der Waals surface area (Å²) < 4.78 is 6.20. The van der Waals surface area contributed by atoms with Gasteiger partial charge in [0, 0.05) is 19.2 Å². The molecular weight excluding hydrogens is 308 g/mol. The van der Waals surface area contributed by atoms with Gasteiger partial charge in [-0.1, -0.05) is 0 Å². The molecule has 1 saturated heterocycles. The van der Waals surface area contributed by atoms with Crippen LogP contribution in [-0.2, 0) is 0 Å². The average molecular weight is 323 g/mol. The number of hydrogen-bond acceptors (Lipinski definition) is 5. The highest BCUT2D eigenvalue weighted by molar-refractivity contribution is 9.10. The molecule has 0 radical (unpaired) electrons. The molecule has 19 heavy (non-hydrogen) atoms. The second-order valence-corrected chi connectivity index (χ2v) is 5.41. The van der Waals surface area contributed by atoms with Crippen LogP contribution >= 0.6 is 15.9 Å². The molecule has 2 N–H and O–H groups in total. The van der Waals surface area contributed by atoms with Crippen molar-refractivity contribution >= 4 is 27.7 Å². The van der Waals surface area contributed by atoms with E-state index >= 15 is 0 Å². The molecule has 6 heteroatoms. The smallest absolute Gasteiger partial charge is 0.227 e. The van der Waals surface area contributed by atoms with Crippen LogP contribution in [0.5, 0.6) is 0 Å². The molecule has 1 aliphatic heterocycles. The van der Waals surface area contributed by atoms with E-state index in [9.17, 15) is 0 Å². The van der Waals surface area contributed by atoms with Gasteiger partial charge >= 0.3 is 0 Å². The largest absolute Gasteiger partial charge is 0.448 e. The van der Waals surface area contributed by atoms with Gasteiger partial charge in [-0.3, -0.25) is 0 Å². The maximum Gasteiger partial charge on any atom is 0.227 e. The van der Waals surface area contributed by atoms with Crippen molar-refractivity contribution in [2.24, 2.45) is 0 Å². The Balaban J connectivity index is 1.95. The molecule has 5 nitrogen and oxygen atoms in total. The van der Waals surface area contributed by atoms with Crippen LogP contribution < -0.4 is 10.6 Å². The number of piperidine rings is 1. The number of anilines is 2. The number of nitrogen functional groups attached to an aromatic ring is 1. The molecule has 0 amide bonds. The van der Waals surface area contributed by atoms with Crippen molar-refractivity contribution < 1.29 is 4.42 Å². The van der Waals surface area contributed by atoms with Crippen LogP contribution in [0.4, 0.5) is 11.8 Å². The molecular formula is C13H15BrN4O. The summed E-state index contributed by atoms with van der Waals surface area (Å²) in [6.45, 7) is 1.98. The Labute approximate surface area is 120 Å². The van der Waals surface area contributed by atoms with E-state index in [-0.39, 0.29) is 0 Å². The van der Waals surface area contributed by atoms with Crippen LogP contribution in [0, 0.1) is 0 Å². The lowest BCUT2D eigenvalue weighted by atomic mass is 10.1. The summed E-state index contributed by atoms with van der Waals surface area (Å²) in [6.07, 6.45) is 3.64. The first-order valence-corrected chi connectivity index (χ1v) is 7.17. The van der Waals surface area contributed by atoms with Crippen molar-refractivity contribution in [1.82, 2.24) is 9.97 Å². The first kappa shape index (κ1) is 12.5. The Bertz CT molecular complexity index is 578. The van der Waals surface area contributed by atoms with E-state index in [2.05, 4.69) is 30.8 Å². The topological polar surface area (TPSA) is 68.2 Å². The maximum absolute atomic E-state index is 5.88. The van der Waals surface area contributed by atoms with E-state index in [4.69, 9.17) is 10.2 Å². The fourth-order valence-electron chi connectivity index (χ4n) is 2.27. The number of halogens is 1. The summed E-state index contributed by atoms with van der Waals surface area (Å²) in [5.74, 6) is 1.86. The summed E-state index contributed by atoms with van der Waals surface area (Å²) in [5, 5.41) is 0. The van der Waals surface area contributed by atoms with Crippen molar-refractivity contribution in [2.75, 3.05) is 23.7 Å². The van der Waals surface area contributed by atoms with Crippen LogP contribution in [0.2, 0.25) is 0 Å². The first-order chi connectivity index (χ1) is 9.22. The predicted molar refractivity (Wildman–Crippen MR) is 77.9 cm³/mol. The maximum atomic E-state index is 5.88. The molecule has 1 fully saturated rings. The number of nitrogens with zero attached hydrogens (tertiary/aromatic N) is 3. The molecule has 0 aromatic carbocycles. The highest BCUT2D eigenvalue weighted by Crippen LogP contribution is 2.26. The highest BCUT2D eigenvalue weighted by atomic mass is 79.9. The Morgan fingerprint density at radius 1 is 1.16 bits per heavy atom. The lowest BCUT2D eigenvalue weighted by Gasteiger charge is -2.26. The highest BCUT2D eigenvalue weighted by Gasteiger charge is 2.16. The fraction of sp³-hybridized carbons (Fsp3) is 0.385. The summed E-state index contributed by atoms with van der Waals surface area (Å²) in [5.41, 5.74) is 6.60. The van der Waals surface area contributed by atoms with Crippen LogP contribution in [-0.4, -0.2) is 23.1 Å². The summed E-state index contributed by atoms with van der Waals surface area (Å²) in [7, 11) is 0. The van der Waals surface area contributed by atoms with Gasteiger partial charge in [0.15, 0.2) is 10.4 Å². The number of rotatable bonds is 2. The Morgan fingerprint density at radius 2 is 1.95 bits per heavy atom. The molecule has 1 aliphatic rings. The minimum atomic E-state index is 0.470. The van der Waals surface area contributed by atoms with E-state index in [1.807, 2.05) is 12.1 Å². The van der Waals surface area contributed by atoms with Crippen molar-refractivity contribution in [1.29, 1.82) is 0 Å². The zero-order valence-corrected chi connectivity index (χ0v) is 12.1. The Hall–Kier alpha value is -1.56. The van der Waals surface area contributed by atoms with Gasteiger partial charge in [0.05, 0.1) is 0 Å². The normalized spacial score (nSPS) is 15.7. The van der Waals surface area contributed by atoms with Gasteiger partial charge in [0.25, 0.3) is 0 Å². The average Bonchev–Trinajstić information content (AvgIpc) is 2.86. The van der Waals surface area contributed by atoms with Crippen LogP contribution in [0.15, 0.2) is 27.3 Å². The van der Waals surface area contributed by atoms with Gasteiger partial charge in [-0.05, 0) is 47.3 Å². The molecule has 0 bridgehead atoms. The molecule has 0 spiro atoms. The molecule has 3 rings (SSSR count). The van der Waals surface area contributed by atoms with Gasteiger partial charge in [0.2, 0.25) is 5.95 Å². The van der Waals surface area contributed by atoms with E-state index in [1.165, 1.54) is 19.3 Å².